The Labute approximate surface area is 344 Å². The number of aromatic nitrogens is 4. The van der Waals surface area contributed by atoms with Crippen LogP contribution in [0.15, 0.2) is 12.7 Å². The molecule has 3 rings (SSSR count). The molecule has 28 nitrogen and oxygen atoms in total. The number of hydrogen-bond acceptors (Lipinski definition) is 20. The summed E-state index contributed by atoms with van der Waals surface area (Å²) >= 11 is 0.726. The van der Waals surface area contributed by atoms with Crippen molar-refractivity contribution in [1.82, 2.24) is 30.2 Å². The normalized spacial score (nSPS) is 21.1. The van der Waals surface area contributed by atoms with Crippen molar-refractivity contribution in [3.63, 3.8) is 0 Å². The van der Waals surface area contributed by atoms with E-state index in [0.717, 1.165) is 29.0 Å². The van der Waals surface area contributed by atoms with Gasteiger partial charge in [0.05, 0.1) is 19.5 Å². The van der Waals surface area contributed by atoms with Gasteiger partial charge in [0.15, 0.2) is 17.7 Å². The molecule has 1 aliphatic heterocycles. The number of phosphoric ester groups is 3. The SMILES string of the molecule is CC(C(=O)O)C(=O)SCCNC(=O)CCNC(=O)[C@H](O)C(C)(C)COP(=O)(O)OP(=O)(O)OC[C@H]1O[C@@H](n2cnc3c(N)ncnc32)[C@H](O)[C@@H]1OP(=O)(O)O.CCC(=O)O. The van der Waals surface area contributed by atoms with Crippen LogP contribution >= 0.6 is 35.2 Å². The maximum atomic E-state index is 12.6. The Morgan fingerprint density at radius 2 is 1.63 bits per heavy atom. The minimum Gasteiger partial charge on any atom is -0.481 e. The van der Waals surface area contributed by atoms with E-state index >= 15 is 0 Å². The fourth-order valence-electron chi connectivity index (χ4n) is 4.51. The lowest BCUT2D eigenvalue weighted by molar-refractivity contribution is -0.143. The number of aliphatic hydroxyl groups excluding tert-OH is 2. The highest BCUT2D eigenvalue weighted by atomic mass is 32.2. The van der Waals surface area contributed by atoms with Crippen molar-refractivity contribution in [1.29, 1.82) is 0 Å². The summed E-state index contributed by atoms with van der Waals surface area (Å²) in [5.41, 5.74) is 4.19. The summed E-state index contributed by atoms with van der Waals surface area (Å²) < 4.78 is 61.9. The summed E-state index contributed by atoms with van der Waals surface area (Å²) in [6, 6.07) is 0. The van der Waals surface area contributed by atoms with Gasteiger partial charge in [-0.25, -0.2) is 28.6 Å². The lowest BCUT2D eigenvalue weighted by Crippen LogP contribution is -2.46. The van der Waals surface area contributed by atoms with Gasteiger partial charge in [0, 0.05) is 37.1 Å². The van der Waals surface area contributed by atoms with Crippen LogP contribution in [0.4, 0.5) is 5.82 Å². The van der Waals surface area contributed by atoms with Crippen LogP contribution < -0.4 is 16.4 Å². The number of aliphatic hydroxyl groups is 2. The molecule has 2 aromatic heterocycles. The second kappa shape index (κ2) is 22.6. The number of aliphatic carboxylic acids is 2. The first-order valence-electron chi connectivity index (χ1n) is 17.1. The summed E-state index contributed by atoms with van der Waals surface area (Å²) in [6.45, 7) is 2.95. The Balaban J connectivity index is 0.00000233. The zero-order chi connectivity index (χ0) is 45.8. The van der Waals surface area contributed by atoms with Crippen LogP contribution in [0.5, 0.6) is 0 Å². The Morgan fingerprint density at radius 3 is 2.22 bits per heavy atom. The van der Waals surface area contributed by atoms with Crippen molar-refractivity contribution in [2.45, 2.75) is 71.2 Å². The molecular formula is C28H46N7O21P3S. The molecule has 12 N–H and O–H groups in total. The second-order valence-corrected chi connectivity index (χ2v) is 18.4. The third-order valence-corrected chi connectivity index (χ3v) is 11.9. The fraction of sp³-hybridized carbons (Fsp3) is 0.643. The number of nitrogens with one attached hydrogen (secondary N) is 2. The van der Waals surface area contributed by atoms with Crippen molar-refractivity contribution in [2.75, 3.05) is 37.8 Å². The Morgan fingerprint density at radius 1 is 1.02 bits per heavy atom. The molecule has 0 bridgehead atoms. The molecule has 340 valence electrons. The van der Waals surface area contributed by atoms with Crippen LogP contribution in [-0.4, -0.2) is 145 Å². The molecule has 60 heavy (non-hydrogen) atoms. The van der Waals surface area contributed by atoms with Crippen LogP contribution in [-0.2, 0) is 60.3 Å². The van der Waals surface area contributed by atoms with Gasteiger partial charge < -0.3 is 61.1 Å². The molecule has 3 heterocycles. The average Bonchev–Trinajstić information content (AvgIpc) is 3.71. The second-order valence-electron chi connectivity index (χ2n) is 13.0. The van der Waals surface area contributed by atoms with Gasteiger partial charge in [-0.2, -0.15) is 4.31 Å². The number of nitrogen functional groups attached to an aromatic ring is 1. The highest BCUT2D eigenvalue weighted by Gasteiger charge is 2.50. The van der Waals surface area contributed by atoms with E-state index in [4.69, 9.17) is 29.7 Å². The van der Waals surface area contributed by atoms with Gasteiger partial charge in [-0.05, 0) is 6.92 Å². The Hall–Kier alpha value is -3.50. The predicted octanol–water partition coefficient (Wildman–Crippen LogP) is -1.13. The van der Waals surface area contributed by atoms with E-state index in [0.29, 0.717) is 0 Å². The number of carbonyl (C=O) groups is 5. The molecule has 1 aliphatic rings. The summed E-state index contributed by atoms with van der Waals surface area (Å²) in [4.78, 5) is 107. The van der Waals surface area contributed by atoms with Crippen molar-refractivity contribution < 1.29 is 100 Å². The average molecular weight is 942 g/mol. The van der Waals surface area contributed by atoms with Crippen LogP contribution in [0.25, 0.3) is 11.2 Å². The maximum absolute atomic E-state index is 12.6. The molecule has 0 radical (unpaired) electrons. The first kappa shape index (κ1) is 52.6. The molecule has 0 aliphatic carbocycles. The zero-order valence-corrected chi connectivity index (χ0v) is 35.6. The van der Waals surface area contributed by atoms with E-state index in [2.05, 4.69) is 34.4 Å². The number of imidazole rings is 1. The van der Waals surface area contributed by atoms with E-state index in [-0.39, 0.29) is 48.7 Å². The van der Waals surface area contributed by atoms with Crippen molar-refractivity contribution in [2.24, 2.45) is 11.3 Å². The molecule has 0 spiro atoms. The van der Waals surface area contributed by atoms with E-state index in [1.807, 2.05) is 0 Å². The molecule has 32 heteroatoms. The number of fused-ring (bicyclic) bond motifs is 1. The standard InChI is InChI=1S/C25H40N7O19P3S.C3H6O2/c1-12(23(37)38)24(39)55-7-6-27-14(33)4-5-28-21(36)18(35)25(2,3)9-48-54(45,46)51-53(43,44)47-8-13-17(50-52(40,41)42)16(34)22(49-13)32-11-31-15-19(26)29-10-30-20(15)32;1-2-3(4)5/h10-13,16-18,22,34-35H,4-9H2,1-3H3,(H,27,33)(H,28,36)(H,37,38)(H,43,44)(H,45,46)(H2,26,29,30)(H2,40,41,42);2H2,1H3,(H,4,5)/t12?,13-,16-,17-,18+,22-;/m1./s1. The molecule has 3 unspecified atom stereocenters. The molecule has 1 fully saturated rings. The zero-order valence-electron chi connectivity index (χ0n) is 32.1. The van der Waals surface area contributed by atoms with Crippen LogP contribution in [0.2, 0.25) is 0 Å². The van der Waals surface area contributed by atoms with E-state index in [9.17, 15) is 67.5 Å². The minimum absolute atomic E-state index is 0.0183. The van der Waals surface area contributed by atoms with Crippen molar-refractivity contribution in [3.8, 4) is 0 Å². The quantitative estimate of drug-likeness (QED) is 0.0378. The number of phosphoric acid groups is 3. The molecule has 0 aromatic carbocycles. The molecular weight excluding hydrogens is 895 g/mol. The number of ether oxygens (including phenoxy) is 1. The van der Waals surface area contributed by atoms with Gasteiger partial charge in [0.1, 0.15) is 42.2 Å². The number of carboxylic acids is 2. The monoisotopic (exact) mass is 941 g/mol. The van der Waals surface area contributed by atoms with E-state index < -0.39 is 108 Å². The number of nitrogens with zero attached hydrogens (tertiary/aromatic N) is 4. The first-order valence-corrected chi connectivity index (χ1v) is 22.6. The van der Waals surface area contributed by atoms with Crippen LogP contribution in [0.1, 0.15) is 46.8 Å². The van der Waals surface area contributed by atoms with Gasteiger partial charge >= 0.3 is 35.4 Å². The number of anilines is 1. The predicted molar refractivity (Wildman–Crippen MR) is 202 cm³/mol. The van der Waals surface area contributed by atoms with Gasteiger partial charge in [-0.1, -0.05) is 32.5 Å². The van der Waals surface area contributed by atoms with E-state index in [1.165, 1.54) is 20.8 Å². The van der Waals surface area contributed by atoms with Crippen LogP contribution in [0.3, 0.4) is 0 Å². The molecule has 8 atom stereocenters. The molecule has 2 aromatic rings. The molecule has 0 saturated carbocycles. The Kier molecular flexibility index (Phi) is 19.8. The minimum atomic E-state index is -5.59. The van der Waals surface area contributed by atoms with Crippen LogP contribution in [0, 0.1) is 11.3 Å². The lowest BCUT2D eigenvalue weighted by Gasteiger charge is -2.30. The van der Waals surface area contributed by atoms with Gasteiger partial charge in [-0.3, -0.25) is 42.1 Å². The van der Waals surface area contributed by atoms with Gasteiger partial charge in [0.25, 0.3) is 0 Å². The molecule has 1 saturated heterocycles. The first-order chi connectivity index (χ1) is 27.6. The van der Waals surface area contributed by atoms with E-state index in [1.54, 1.807) is 6.92 Å². The van der Waals surface area contributed by atoms with Gasteiger partial charge in [-0.15, -0.1) is 0 Å². The topological polar surface area (TPSA) is 438 Å². The Bertz CT molecular complexity index is 1980. The van der Waals surface area contributed by atoms with Gasteiger partial charge in [0.2, 0.25) is 16.9 Å². The maximum Gasteiger partial charge on any atom is 0.481 e. The third kappa shape index (κ3) is 16.8. The molecule has 2 amide bonds. The number of nitrogens with two attached hydrogens (primary N) is 1. The highest BCUT2D eigenvalue weighted by Crippen LogP contribution is 2.61. The summed E-state index contributed by atoms with van der Waals surface area (Å²) in [5, 5.41) is 42.1. The number of rotatable bonds is 22. The van der Waals surface area contributed by atoms with Crippen molar-refractivity contribution in [3.05, 3.63) is 12.7 Å². The smallest absolute Gasteiger partial charge is 0.481 e. The highest BCUT2D eigenvalue weighted by molar-refractivity contribution is 8.13. The number of thioether (sulfide) groups is 1. The third-order valence-electron chi connectivity index (χ3n) is 7.77. The number of carboxylic acid groups (broad SMARTS) is 2. The fourth-order valence-corrected chi connectivity index (χ4v) is 8.09. The summed E-state index contributed by atoms with van der Waals surface area (Å²) in [5.74, 6) is -4.76. The number of amides is 2. The summed E-state index contributed by atoms with van der Waals surface area (Å²) in [7, 11) is -16.4. The van der Waals surface area contributed by atoms with Crippen molar-refractivity contribution >= 4 is 81.1 Å². The summed E-state index contributed by atoms with van der Waals surface area (Å²) in [6.07, 6.45) is -6.90. The number of hydrogen-bond donors (Lipinski definition) is 11. The lowest BCUT2D eigenvalue weighted by atomic mass is 9.87. The number of carbonyl (C=O) groups excluding carboxylic acids is 3. The largest absolute Gasteiger partial charge is 0.481 e.